The number of hydrogen-bond donors (Lipinski definition) is 2. The summed E-state index contributed by atoms with van der Waals surface area (Å²) in [5, 5.41) is 6.33. The molecule has 2 atom stereocenters. The van der Waals surface area contributed by atoms with E-state index >= 15 is 0 Å². The van der Waals surface area contributed by atoms with Gasteiger partial charge in [-0.2, -0.15) is 0 Å². The van der Waals surface area contributed by atoms with Crippen molar-refractivity contribution < 1.29 is 14.3 Å². The van der Waals surface area contributed by atoms with Gasteiger partial charge >= 0.3 is 0 Å². The predicted molar refractivity (Wildman–Crippen MR) is 104 cm³/mol. The summed E-state index contributed by atoms with van der Waals surface area (Å²) in [5.74, 6) is 0.579. The zero-order chi connectivity index (χ0) is 17.8. The minimum Gasteiger partial charge on any atom is -0.495 e. The van der Waals surface area contributed by atoms with E-state index < -0.39 is 0 Å². The Bertz CT molecular complexity index is 647. The van der Waals surface area contributed by atoms with Gasteiger partial charge in [-0.3, -0.25) is 9.59 Å². The molecule has 2 saturated heterocycles. The van der Waals surface area contributed by atoms with Crippen LogP contribution in [0.3, 0.4) is 0 Å². The first-order valence-corrected chi connectivity index (χ1v) is 9.10. The highest BCUT2D eigenvalue weighted by atomic mass is 35.5. The molecule has 6 nitrogen and oxygen atoms in total. The topological polar surface area (TPSA) is 70.7 Å². The van der Waals surface area contributed by atoms with Crippen molar-refractivity contribution in [2.24, 2.45) is 5.92 Å². The number of ether oxygens (including phenoxy) is 1. The molecule has 26 heavy (non-hydrogen) atoms. The van der Waals surface area contributed by atoms with Crippen molar-refractivity contribution in [2.45, 2.75) is 38.6 Å². The number of nitrogens with zero attached hydrogens (tertiary/aromatic N) is 1. The Morgan fingerprint density at radius 2 is 2.00 bits per heavy atom. The third-order valence-corrected chi connectivity index (χ3v) is 5.09. The maximum atomic E-state index is 12.6. The summed E-state index contributed by atoms with van der Waals surface area (Å²) in [6.07, 6.45) is 3.75. The smallest absolute Gasteiger partial charge is 0.253 e. The van der Waals surface area contributed by atoms with E-state index in [4.69, 9.17) is 4.74 Å². The Morgan fingerprint density at radius 1 is 1.27 bits per heavy atom. The molecular weight excluding hydrogens is 354 g/mol. The molecule has 0 aliphatic carbocycles. The first-order valence-electron chi connectivity index (χ1n) is 9.10. The van der Waals surface area contributed by atoms with Crippen LogP contribution >= 0.6 is 12.4 Å². The minimum atomic E-state index is -0.0149. The molecule has 0 spiro atoms. The van der Waals surface area contributed by atoms with E-state index in [0.29, 0.717) is 23.0 Å². The average molecular weight is 382 g/mol. The zero-order valence-electron chi connectivity index (χ0n) is 15.4. The number of benzene rings is 1. The number of methoxy groups -OCH3 is 1. The van der Waals surface area contributed by atoms with Gasteiger partial charge in [0.1, 0.15) is 5.75 Å². The molecule has 7 heteroatoms. The van der Waals surface area contributed by atoms with Crippen LogP contribution in [0.2, 0.25) is 0 Å². The number of nitrogens with one attached hydrogen (secondary N) is 2. The first kappa shape index (κ1) is 20.5. The number of likely N-dealkylation sites (tertiary alicyclic amines) is 1. The van der Waals surface area contributed by atoms with Crippen molar-refractivity contribution in [1.29, 1.82) is 0 Å². The molecule has 2 fully saturated rings. The summed E-state index contributed by atoms with van der Waals surface area (Å²) in [7, 11) is 1.57. The fraction of sp³-hybridized carbons (Fsp3) is 0.579. The fourth-order valence-corrected chi connectivity index (χ4v) is 3.65. The van der Waals surface area contributed by atoms with E-state index in [1.54, 1.807) is 25.3 Å². The first-order chi connectivity index (χ1) is 12.1. The largest absolute Gasteiger partial charge is 0.495 e. The molecule has 2 heterocycles. The number of halogens is 1. The van der Waals surface area contributed by atoms with E-state index in [9.17, 15) is 9.59 Å². The minimum absolute atomic E-state index is 0. The van der Waals surface area contributed by atoms with Gasteiger partial charge in [-0.05, 0) is 57.4 Å². The Balaban J connectivity index is 0.00000243. The van der Waals surface area contributed by atoms with Crippen LogP contribution in [0.15, 0.2) is 18.2 Å². The van der Waals surface area contributed by atoms with E-state index in [2.05, 4.69) is 17.6 Å². The van der Waals surface area contributed by atoms with E-state index in [0.717, 1.165) is 45.3 Å². The third kappa shape index (κ3) is 4.68. The van der Waals surface area contributed by atoms with Gasteiger partial charge in [-0.1, -0.05) is 0 Å². The monoisotopic (exact) mass is 381 g/mol. The van der Waals surface area contributed by atoms with E-state index in [-0.39, 0.29) is 30.1 Å². The Kier molecular flexibility index (Phi) is 7.29. The van der Waals surface area contributed by atoms with Crippen LogP contribution in [-0.4, -0.2) is 49.5 Å². The summed E-state index contributed by atoms with van der Waals surface area (Å²) in [5.41, 5.74) is 1.17. The van der Waals surface area contributed by atoms with Gasteiger partial charge in [-0.15, -0.1) is 12.4 Å². The number of rotatable bonds is 4. The van der Waals surface area contributed by atoms with Gasteiger partial charge in [0.15, 0.2) is 0 Å². The number of carbonyl (C=O) groups is 2. The summed E-state index contributed by atoms with van der Waals surface area (Å²) in [6, 6.07) is 5.60. The zero-order valence-corrected chi connectivity index (χ0v) is 16.2. The van der Waals surface area contributed by atoms with Gasteiger partial charge in [0.2, 0.25) is 5.91 Å². The maximum absolute atomic E-state index is 12.6. The molecule has 0 saturated carbocycles. The Labute approximate surface area is 161 Å². The predicted octanol–water partition coefficient (Wildman–Crippen LogP) is 2.68. The van der Waals surface area contributed by atoms with Crippen molar-refractivity contribution >= 4 is 29.9 Å². The molecule has 1 aromatic rings. The molecule has 0 unspecified atom stereocenters. The Hall–Kier alpha value is -1.79. The maximum Gasteiger partial charge on any atom is 0.253 e. The molecule has 0 bridgehead atoms. The van der Waals surface area contributed by atoms with Crippen LogP contribution in [0.1, 0.15) is 43.0 Å². The molecule has 0 aromatic heterocycles. The van der Waals surface area contributed by atoms with Crippen LogP contribution in [0, 0.1) is 5.92 Å². The molecule has 144 valence electrons. The Morgan fingerprint density at radius 3 is 2.65 bits per heavy atom. The van der Waals surface area contributed by atoms with Gasteiger partial charge in [0.05, 0.1) is 12.8 Å². The molecule has 2 N–H and O–H groups in total. The molecular formula is C19H28ClN3O3. The number of anilines is 1. The number of amides is 2. The summed E-state index contributed by atoms with van der Waals surface area (Å²) >= 11 is 0. The molecule has 2 aliphatic rings. The van der Waals surface area contributed by atoms with Crippen LogP contribution < -0.4 is 15.4 Å². The number of hydrogen-bond acceptors (Lipinski definition) is 4. The lowest BCUT2D eigenvalue weighted by Gasteiger charge is -2.27. The lowest BCUT2D eigenvalue weighted by Crippen LogP contribution is -2.40. The molecule has 0 radical (unpaired) electrons. The second kappa shape index (κ2) is 9.24. The van der Waals surface area contributed by atoms with Crippen LogP contribution in [0.5, 0.6) is 5.75 Å². The standard InChI is InChI=1S/C19H27N3O3.ClH/c1-13-11-14(7-8-20-13)18(23)21-16-12-15(5-6-17(16)25-2)19(24)22-9-3-4-10-22;/h5-6,12-14,20H,3-4,7-11H2,1-2H3,(H,21,23);1H/t13-,14-;/m0./s1. The van der Waals surface area contributed by atoms with Gasteiger partial charge in [-0.25, -0.2) is 0 Å². The quantitative estimate of drug-likeness (QED) is 0.841. The van der Waals surface area contributed by atoms with E-state index in [1.165, 1.54) is 0 Å². The third-order valence-electron chi connectivity index (χ3n) is 5.09. The molecule has 3 rings (SSSR count). The lowest BCUT2D eigenvalue weighted by atomic mass is 9.92. The normalized spacial score (nSPS) is 22.5. The fourth-order valence-electron chi connectivity index (χ4n) is 3.65. The average Bonchev–Trinajstić information content (AvgIpc) is 3.15. The van der Waals surface area contributed by atoms with E-state index in [1.807, 2.05) is 4.90 Å². The van der Waals surface area contributed by atoms with Gasteiger partial charge in [0.25, 0.3) is 5.91 Å². The number of carbonyl (C=O) groups excluding carboxylic acids is 2. The summed E-state index contributed by atoms with van der Waals surface area (Å²) in [6.45, 7) is 4.55. The van der Waals surface area contributed by atoms with Gasteiger partial charge < -0.3 is 20.3 Å². The van der Waals surface area contributed by atoms with Crippen molar-refractivity contribution in [3.05, 3.63) is 23.8 Å². The van der Waals surface area contributed by atoms with Crippen molar-refractivity contribution in [1.82, 2.24) is 10.2 Å². The van der Waals surface area contributed by atoms with Crippen molar-refractivity contribution in [3.8, 4) is 5.75 Å². The summed E-state index contributed by atoms with van der Waals surface area (Å²) in [4.78, 5) is 27.1. The lowest BCUT2D eigenvalue weighted by molar-refractivity contribution is -0.120. The molecule has 2 amide bonds. The van der Waals surface area contributed by atoms with Crippen LogP contribution in [-0.2, 0) is 4.79 Å². The van der Waals surface area contributed by atoms with Crippen molar-refractivity contribution in [3.63, 3.8) is 0 Å². The second-order valence-electron chi connectivity index (χ2n) is 6.98. The van der Waals surface area contributed by atoms with Crippen molar-refractivity contribution in [2.75, 3.05) is 32.1 Å². The summed E-state index contributed by atoms with van der Waals surface area (Å²) < 4.78 is 5.36. The van der Waals surface area contributed by atoms with Crippen LogP contribution in [0.25, 0.3) is 0 Å². The second-order valence-corrected chi connectivity index (χ2v) is 6.98. The highest BCUT2D eigenvalue weighted by Gasteiger charge is 2.26. The van der Waals surface area contributed by atoms with Crippen LogP contribution in [0.4, 0.5) is 5.69 Å². The SMILES string of the molecule is COc1ccc(C(=O)N2CCCC2)cc1NC(=O)[C@H]1CCN[C@@H](C)C1.Cl. The highest BCUT2D eigenvalue weighted by molar-refractivity contribution is 5.99. The number of piperidine rings is 1. The molecule has 2 aliphatic heterocycles. The highest BCUT2D eigenvalue weighted by Crippen LogP contribution is 2.28. The molecule has 1 aromatic carbocycles. The van der Waals surface area contributed by atoms with Gasteiger partial charge in [0, 0.05) is 30.6 Å².